The van der Waals surface area contributed by atoms with Crippen LogP contribution in [0.25, 0.3) is 0 Å². The number of carbonyl (C=O) groups excluding carboxylic acids is 3. The smallest absolute Gasteiger partial charge is 0.227 e. The molecule has 2 heterocycles. The molecule has 3 rings (SSSR count). The summed E-state index contributed by atoms with van der Waals surface area (Å²) >= 11 is 0. The van der Waals surface area contributed by atoms with Gasteiger partial charge in [0.25, 0.3) is 0 Å². The van der Waals surface area contributed by atoms with E-state index in [4.69, 9.17) is 5.73 Å². The topological polar surface area (TPSA) is 86.9 Å². The summed E-state index contributed by atoms with van der Waals surface area (Å²) in [6.45, 7) is 4.69. The van der Waals surface area contributed by atoms with Crippen LogP contribution >= 0.6 is 0 Å². The monoisotopic (exact) mass is 330 g/mol. The van der Waals surface area contributed by atoms with Crippen LogP contribution in [0.4, 0.5) is 11.4 Å². The molecule has 7 nitrogen and oxygen atoms in total. The molecular weight excluding hydrogens is 308 g/mol. The maximum absolute atomic E-state index is 12.3. The van der Waals surface area contributed by atoms with Crippen LogP contribution in [0.5, 0.6) is 0 Å². The van der Waals surface area contributed by atoms with Gasteiger partial charge in [-0.25, -0.2) is 0 Å². The zero-order valence-corrected chi connectivity index (χ0v) is 13.8. The van der Waals surface area contributed by atoms with Gasteiger partial charge < -0.3 is 20.4 Å². The van der Waals surface area contributed by atoms with Gasteiger partial charge in [-0.1, -0.05) is 12.1 Å². The fourth-order valence-electron chi connectivity index (χ4n) is 3.35. The third-order valence-electron chi connectivity index (χ3n) is 4.77. The summed E-state index contributed by atoms with van der Waals surface area (Å²) in [7, 11) is 0. The van der Waals surface area contributed by atoms with Crippen LogP contribution in [0.2, 0.25) is 0 Å². The van der Waals surface area contributed by atoms with Crippen molar-refractivity contribution in [2.24, 2.45) is 11.7 Å². The van der Waals surface area contributed by atoms with Gasteiger partial charge in [0, 0.05) is 46.1 Å². The van der Waals surface area contributed by atoms with E-state index in [0.29, 0.717) is 19.6 Å². The molecule has 2 N–H and O–H groups in total. The largest absolute Gasteiger partial charge is 0.369 e. The molecule has 1 atom stereocenters. The molecule has 0 bridgehead atoms. The highest BCUT2D eigenvalue weighted by atomic mass is 16.2. The van der Waals surface area contributed by atoms with Gasteiger partial charge in [0.15, 0.2) is 0 Å². The Hall–Kier alpha value is -2.57. The van der Waals surface area contributed by atoms with E-state index >= 15 is 0 Å². The van der Waals surface area contributed by atoms with E-state index < -0.39 is 11.8 Å². The van der Waals surface area contributed by atoms with E-state index in [2.05, 4.69) is 4.90 Å². The first kappa shape index (κ1) is 16.3. The predicted octanol–water partition coefficient (Wildman–Crippen LogP) is 0.193. The number of rotatable bonds is 3. The van der Waals surface area contributed by atoms with E-state index in [1.54, 1.807) is 11.8 Å². The van der Waals surface area contributed by atoms with Crippen molar-refractivity contribution < 1.29 is 14.4 Å². The molecule has 2 saturated heterocycles. The molecule has 1 aromatic carbocycles. The predicted molar refractivity (Wildman–Crippen MR) is 90.6 cm³/mol. The first-order valence-corrected chi connectivity index (χ1v) is 8.16. The fourth-order valence-corrected chi connectivity index (χ4v) is 3.35. The molecular formula is C17H22N4O3. The van der Waals surface area contributed by atoms with Gasteiger partial charge in [0.2, 0.25) is 17.7 Å². The number of hydrogen-bond donors (Lipinski definition) is 1. The minimum absolute atomic E-state index is 0.0754. The van der Waals surface area contributed by atoms with Gasteiger partial charge in [-0.15, -0.1) is 0 Å². The minimum Gasteiger partial charge on any atom is -0.369 e. The van der Waals surface area contributed by atoms with E-state index in [9.17, 15) is 14.4 Å². The summed E-state index contributed by atoms with van der Waals surface area (Å²) in [5.74, 6) is -0.853. The van der Waals surface area contributed by atoms with Crippen LogP contribution in [0.1, 0.15) is 13.3 Å². The molecule has 128 valence electrons. The SMILES string of the molecule is CC(=O)N1CCN(c2ccccc2N2CC(C(N)=O)CC2=O)CC1. The standard InChI is InChI=1S/C17H22N4O3/c1-12(22)19-6-8-20(9-7-19)14-4-2-3-5-15(14)21-11-13(17(18)24)10-16(21)23/h2-5,13H,6-11H2,1H3,(H2,18,24). The highest BCUT2D eigenvalue weighted by molar-refractivity contribution is 6.02. The number of primary amides is 1. The number of hydrogen-bond acceptors (Lipinski definition) is 4. The van der Waals surface area contributed by atoms with Gasteiger partial charge in [-0.3, -0.25) is 14.4 Å². The van der Waals surface area contributed by atoms with Crippen molar-refractivity contribution in [2.75, 3.05) is 42.5 Å². The normalized spacial score (nSPS) is 21.3. The van der Waals surface area contributed by atoms with Gasteiger partial charge in [0.05, 0.1) is 17.3 Å². The highest BCUT2D eigenvalue weighted by Crippen LogP contribution is 2.34. The van der Waals surface area contributed by atoms with Crippen molar-refractivity contribution >= 4 is 29.1 Å². The molecule has 0 aliphatic carbocycles. The van der Waals surface area contributed by atoms with Crippen LogP contribution in [0.15, 0.2) is 24.3 Å². The van der Waals surface area contributed by atoms with E-state index in [1.165, 1.54) is 0 Å². The second-order valence-corrected chi connectivity index (χ2v) is 6.29. The Labute approximate surface area is 141 Å². The Morgan fingerprint density at radius 2 is 1.71 bits per heavy atom. The Morgan fingerprint density at radius 1 is 1.08 bits per heavy atom. The number of benzene rings is 1. The van der Waals surface area contributed by atoms with Crippen molar-refractivity contribution in [3.05, 3.63) is 24.3 Å². The average Bonchev–Trinajstić information content (AvgIpc) is 2.97. The van der Waals surface area contributed by atoms with Gasteiger partial charge >= 0.3 is 0 Å². The number of carbonyl (C=O) groups is 3. The molecule has 1 unspecified atom stereocenters. The van der Waals surface area contributed by atoms with Gasteiger partial charge in [0.1, 0.15) is 0 Å². The summed E-state index contributed by atoms with van der Waals surface area (Å²) in [6, 6.07) is 7.69. The number of para-hydroxylation sites is 2. The Balaban J connectivity index is 1.81. The van der Waals surface area contributed by atoms with Crippen molar-refractivity contribution in [1.82, 2.24) is 4.90 Å². The molecule has 3 amide bonds. The lowest BCUT2D eigenvalue weighted by Crippen LogP contribution is -2.48. The number of amides is 3. The number of nitrogens with zero attached hydrogens (tertiary/aromatic N) is 3. The van der Waals surface area contributed by atoms with E-state index in [1.807, 2.05) is 29.2 Å². The quantitative estimate of drug-likeness (QED) is 0.857. The third kappa shape index (κ3) is 3.06. The zero-order valence-electron chi connectivity index (χ0n) is 13.8. The molecule has 2 aliphatic heterocycles. The highest BCUT2D eigenvalue weighted by Gasteiger charge is 2.35. The van der Waals surface area contributed by atoms with Crippen molar-refractivity contribution in [2.45, 2.75) is 13.3 Å². The summed E-state index contributed by atoms with van der Waals surface area (Å²) in [5.41, 5.74) is 7.12. The van der Waals surface area contributed by atoms with Crippen LogP contribution in [-0.4, -0.2) is 55.3 Å². The fraction of sp³-hybridized carbons (Fsp3) is 0.471. The Kier molecular flexibility index (Phi) is 4.42. The van der Waals surface area contributed by atoms with Crippen LogP contribution < -0.4 is 15.5 Å². The lowest BCUT2D eigenvalue weighted by Gasteiger charge is -2.37. The lowest BCUT2D eigenvalue weighted by atomic mass is 10.1. The second-order valence-electron chi connectivity index (χ2n) is 6.29. The molecule has 24 heavy (non-hydrogen) atoms. The summed E-state index contributed by atoms with van der Waals surface area (Å²) in [4.78, 5) is 40.8. The first-order chi connectivity index (χ1) is 11.5. The van der Waals surface area contributed by atoms with E-state index in [-0.39, 0.29) is 18.2 Å². The lowest BCUT2D eigenvalue weighted by molar-refractivity contribution is -0.129. The van der Waals surface area contributed by atoms with Crippen LogP contribution in [-0.2, 0) is 14.4 Å². The molecule has 1 aromatic rings. The summed E-state index contributed by atoms with van der Waals surface area (Å²) in [5, 5.41) is 0. The molecule has 2 aliphatic rings. The van der Waals surface area contributed by atoms with Crippen LogP contribution in [0.3, 0.4) is 0 Å². The van der Waals surface area contributed by atoms with Crippen molar-refractivity contribution in [3.8, 4) is 0 Å². The second kappa shape index (κ2) is 6.51. The van der Waals surface area contributed by atoms with Crippen molar-refractivity contribution in [1.29, 1.82) is 0 Å². The average molecular weight is 330 g/mol. The number of piperazine rings is 1. The summed E-state index contributed by atoms with van der Waals surface area (Å²) < 4.78 is 0. The summed E-state index contributed by atoms with van der Waals surface area (Å²) in [6.07, 6.45) is 0.168. The molecule has 0 radical (unpaired) electrons. The maximum atomic E-state index is 12.3. The molecule has 0 spiro atoms. The first-order valence-electron chi connectivity index (χ1n) is 8.16. The molecule has 2 fully saturated rings. The zero-order chi connectivity index (χ0) is 17.3. The minimum atomic E-state index is -0.432. The molecule has 0 saturated carbocycles. The van der Waals surface area contributed by atoms with Gasteiger partial charge in [-0.2, -0.15) is 0 Å². The van der Waals surface area contributed by atoms with E-state index in [0.717, 1.165) is 24.5 Å². The Bertz CT molecular complexity index is 668. The van der Waals surface area contributed by atoms with Crippen molar-refractivity contribution in [3.63, 3.8) is 0 Å². The van der Waals surface area contributed by atoms with Crippen LogP contribution in [0, 0.1) is 5.92 Å². The third-order valence-corrected chi connectivity index (χ3v) is 4.77. The molecule has 7 heteroatoms. The number of anilines is 2. The Morgan fingerprint density at radius 3 is 2.25 bits per heavy atom. The van der Waals surface area contributed by atoms with Gasteiger partial charge in [-0.05, 0) is 12.1 Å². The maximum Gasteiger partial charge on any atom is 0.227 e. The number of nitrogens with two attached hydrogens (primary N) is 1. The molecule has 0 aromatic heterocycles.